The monoisotopic (exact) mass is 381 g/mol. The molecule has 5 rings (SSSR count). The Morgan fingerprint density at radius 2 is 1.74 bits per heavy atom. The first kappa shape index (κ1) is 16.4. The van der Waals surface area contributed by atoms with E-state index in [1.165, 1.54) is 0 Å². The van der Waals surface area contributed by atoms with Crippen LogP contribution in [0.1, 0.15) is 10.9 Å². The van der Waals surface area contributed by atoms with Gasteiger partial charge in [0.15, 0.2) is 23.0 Å². The third-order valence-electron chi connectivity index (χ3n) is 5.34. The summed E-state index contributed by atoms with van der Waals surface area (Å²) in [6.07, 6.45) is 0. The molecule has 5 nitrogen and oxygen atoms in total. The van der Waals surface area contributed by atoms with E-state index in [2.05, 4.69) is 29.2 Å². The third-order valence-corrected chi connectivity index (χ3v) is 5.94. The van der Waals surface area contributed by atoms with Crippen LogP contribution in [0.4, 0.5) is 5.69 Å². The first-order valence-electron chi connectivity index (χ1n) is 8.66. The summed E-state index contributed by atoms with van der Waals surface area (Å²) in [4.78, 5) is 2.16. The molecule has 27 heavy (non-hydrogen) atoms. The van der Waals surface area contributed by atoms with Crippen LogP contribution in [0.15, 0.2) is 36.4 Å². The van der Waals surface area contributed by atoms with Crippen LogP contribution < -0.4 is 23.8 Å². The second kappa shape index (κ2) is 5.89. The molecule has 0 amide bonds. The van der Waals surface area contributed by atoms with Crippen LogP contribution in [-0.4, -0.2) is 28.1 Å². The number of hydrogen-bond acceptors (Lipinski definition) is 6. The van der Waals surface area contributed by atoms with Crippen molar-refractivity contribution in [3.63, 3.8) is 0 Å². The number of nitrogens with zero attached hydrogens (tertiary/aromatic N) is 1. The van der Waals surface area contributed by atoms with Crippen molar-refractivity contribution in [1.29, 1.82) is 0 Å². The molecule has 0 fully saturated rings. The van der Waals surface area contributed by atoms with Crippen molar-refractivity contribution in [3.05, 3.63) is 42.0 Å². The summed E-state index contributed by atoms with van der Waals surface area (Å²) in [7, 11) is 5.35. The molecule has 138 valence electrons. The van der Waals surface area contributed by atoms with Gasteiger partial charge in [0, 0.05) is 23.6 Å². The maximum atomic E-state index is 5.68. The fourth-order valence-electron chi connectivity index (χ4n) is 4.05. The second-order valence-corrected chi connectivity index (χ2v) is 7.12. The minimum Gasteiger partial charge on any atom is -0.493 e. The van der Waals surface area contributed by atoms with Gasteiger partial charge in [-0.3, -0.25) is 0 Å². The zero-order chi connectivity index (χ0) is 18.7. The summed E-state index contributed by atoms with van der Waals surface area (Å²) in [5.41, 5.74) is 4.35. The average molecular weight is 381 g/mol. The van der Waals surface area contributed by atoms with Crippen LogP contribution >= 0.6 is 12.6 Å². The van der Waals surface area contributed by atoms with Crippen molar-refractivity contribution < 1.29 is 18.9 Å². The van der Waals surface area contributed by atoms with Gasteiger partial charge in [-0.25, -0.2) is 0 Å². The van der Waals surface area contributed by atoms with Crippen molar-refractivity contribution in [2.45, 2.75) is 5.37 Å². The Balaban J connectivity index is 1.84. The third kappa shape index (κ3) is 2.19. The highest BCUT2D eigenvalue weighted by Crippen LogP contribution is 2.54. The van der Waals surface area contributed by atoms with Crippen LogP contribution in [0.5, 0.6) is 23.0 Å². The summed E-state index contributed by atoms with van der Waals surface area (Å²) >= 11 is 4.91. The van der Waals surface area contributed by atoms with E-state index in [9.17, 15) is 0 Å². The van der Waals surface area contributed by atoms with Crippen LogP contribution in [0.3, 0.4) is 0 Å². The molecule has 0 radical (unpaired) electrons. The number of fused-ring (bicyclic) bond motifs is 6. The first-order chi connectivity index (χ1) is 13.1. The molecule has 1 atom stereocenters. The lowest BCUT2D eigenvalue weighted by Gasteiger charge is -2.37. The van der Waals surface area contributed by atoms with Gasteiger partial charge in [0.05, 0.1) is 19.9 Å². The van der Waals surface area contributed by atoms with Crippen LogP contribution in [0.2, 0.25) is 0 Å². The van der Waals surface area contributed by atoms with E-state index in [0.717, 1.165) is 50.4 Å². The highest BCUT2D eigenvalue weighted by atomic mass is 32.1. The highest BCUT2D eigenvalue weighted by Gasteiger charge is 2.32. The van der Waals surface area contributed by atoms with Crippen molar-refractivity contribution in [2.24, 2.45) is 0 Å². The van der Waals surface area contributed by atoms with Crippen molar-refractivity contribution in [2.75, 3.05) is 33.0 Å². The molecule has 0 unspecified atom stereocenters. The molecule has 2 aliphatic rings. The largest absolute Gasteiger partial charge is 0.493 e. The molecule has 0 aliphatic carbocycles. The maximum Gasteiger partial charge on any atom is 0.231 e. The Bertz CT molecular complexity index is 1080. The lowest BCUT2D eigenvalue weighted by atomic mass is 9.89. The molecule has 3 aromatic rings. The molecular weight excluding hydrogens is 362 g/mol. The van der Waals surface area contributed by atoms with Gasteiger partial charge >= 0.3 is 0 Å². The SMILES string of the molecule is COc1ccc2c(c1OC)[C@H](S)N(C)c1c-2ccc2cc3c(cc12)OCO3. The second-order valence-electron chi connectivity index (χ2n) is 6.64. The fourth-order valence-corrected chi connectivity index (χ4v) is 4.42. The number of methoxy groups -OCH3 is 2. The molecule has 0 bridgehead atoms. The Morgan fingerprint density at radius 1 is 1.00 bits per heavy atom. The van der Waals surface area contributed by atoms with Crippen molar-refractivity contribution >= 4 is 29.1 Å². The Morgan fingerprint density at radius 3 is 2.48 bits per heavy atom. The average Bonchev–Trinajstić information content (AvgIpc) is 3.15. The lowest BCUT2D eigenvalue weighted by Crippen LogP contribution is -2.25. The minimum atomic E-state index is -0.173. The van der Waals surface area contributed by atoms with Gasteiger partial charge in [-0.15, -0.1) is 12.6 Å². The summed E-state index contributed by atoms with van der Waals surface area (Å²) in [6, 6.07) is 12.4. The van der Waals surface area contributed by atoms with Gasteiger partial charge in [0.25, 0.3) is 0 Å². The van der Waals surface area contributed by atoms with Crippen LogP contribution in [0.25, 0.3) is 21.9 Å². The van der Waals surface area contributed by atoms with Gasteiger partial charge in [-0.05, 0) is 35.2 Å². The zero-order valence-corrected chi connectivity index (χ0v) is 16.2. The molecule has 0 saturated heterocycles. The van der Waals surface area contributed by atoms with E-state index >= 15 is 0 Å². The number of rotatable bonds is 2. The maximum absolute atomic E-state index is 5.68. The number of thiol groups is 1. The van der Waals surface area contributed by atoms with Crippen molar-refractivity contribution in [3.8, 4) is 34.1 Å². The number of hydrogen-bond donors (Lipinski definition) is 1. The van der Waals surface area contributed by atoms with Crippen LogP contribution in [0, 0.1) is 0 Å². The quantitative estimate of drug-likeness (QED) is 0.656. The Kier molecular flexibility index (Phi) is 3.59. The minimum absolute atomic E-state index is 0.173. The van der Waals surface area contributed by atoms with E-state index in [1.807, 2.05) is 19.2 Å². The molecule has 0 saturated carbocycles. The summed E-state index contributed by atoms with van der Waals surface area (Å²) in [6.45, 7) is 0.263. The van der Waals surface area contributed by atoms with E-state index in [0.29, 0.717) is 5.75 Å². The topological polar surface area (TPSA) is 40.2 Å². The summed E-state index contributed by atoms with van der Waals surface area (Å²) in [5.74, 6) is 2.99. The van der Waals surface area contributed by atoms with E-state index in [4.69, 9.17) is 31.6 Å². The van der Waals surface area contributed by atoms with Gasteiger partial charge in [0.2, 0.25) is 6.79 Å². The van der Waals surface area contributed by atoms with Crippen molar-refractivity contribution in [1.82, 2.24) is 0 Å². The number of anilines is 1. The van der Waals surface area contributed by atoms with Gasteiger partial charge in [-0.2, -0.15) is 0 Å². The standard InChI is InChI=1S/C21H19NO4S/c1-22-19-13(5-4-11-8-16-17(9-14(11)19)26-10-25-16)12-6-7-15(23-2)20(24-3)18(12)21(22)27/h4-9,21,27H,10H2,1-3H3/t21-/m0/s1. The molecule has 6 heteroatoms. The molecular formula is C21H19NO4S. The van der Waals surface area contributed by atoms with Gasteiger partial charge in [0.1, 0.15) is 5.37 Å². The van der Waals surface area contributed by atoms with Gasteiger partial charge < -0.3 is 23.8 Å². The van der Waals surface area contributed by atoms with Gasteiger partial charge in [-0.1, -0.05) is 12.1 Å². The molecule has 2 aliphatic heterocycles. The normalized spacial score (nSPS) is 16.9. The molecule has 0 aromatic heterocycles. The smallest absolute Gasteiger partial charge is 0.231 e. The van der Waals surface area contributed by atoms with E-state index in [-0.39, 0.29) is 12.2 Å². The molecule has 2 heterocycles. The summed E-state index contributed by atoms with van der Waals surface area (Å²) in [5, 5.41) is 2.04. The lowest BCUT2D eigenvalue weighted by molar-refractivity contribution is 0.174. The van der Waals surface area contributed by atoms with E-state index in [1.54, 1.807) is 14.2 Å². The first-order valence-corrected chi connectivity index (χ1v) is 9.18. The van der Waals surface area contributed by atoms with Crippen LogP contribution in [-0.2, 0) is 0 Å². The summed E-state index contributed by atoms with van der Waals surface area (Å²) < 4.78 is 22.3. The predicted octanol–water partition coefficient (Wildman–Crippen LogP) is 4.63. The Hall–Kier alpha value is -2.73. The fraction of sp³-hybridized carbons (Fsp3) is 0.238. The number of benzene rings is 3. The number of ether oxygens (including phenoxy) is 4. The zero-order valence-electron chi connectivity index (χ0n) is 15.3. The molecule has 3 aromatic carbocycles. The predicted molar refractivity (Wildman–Crippen MR) is 109 cm³/mol. The molecule has 0 spiro atoms. The molecule has 0 N–H and O–H groups in total. The van der Waals surface area contributed by atoms with E-state index < -0.39 is 0 Å². The highest BCUT2D eigenvalue weighted by molar-refractivity contribution is 7.80. The Labute approximate surface area is 162 Å².